The van der Waals surface area contributed by atoms with Gasteiger partial charge in [-0.1, -0.05) is 23.2 Å². The second-order valence-corrected chi connectivity index (χ2v) is 5.26. The maximum atomic E-state index is 6.18. The predicted octanol–water partition coefficient (Wildman–Crippen LogP) is 3.16. The lowest BCUT2D eigenvalue weighted by Gasteiger charge is -2.13. The first-order valence-corrected chi connectivity index (χ1v) is 7.23. The van der Waals surface area contributed by atoms with E-state index in [-0.39, 0.29) is 0 Å². The number of imidazole rings is 1. The molecule has 0 bridgehead atoms. The average Bonchev–Trinajstić information content (AvgIpc) is 2.90. The molecule has 0 atom stereocenters. The highest BCUT2D eigenvalue weighted by Gasteiger charge is 2.10. The molecule has 0 unspecified atom stereocenters. The molecule has 4 nitrogen and oxygen atoms in total. The van der Waals surface area contributed by atoms with Crippen molar-refractivity contribution in [3.05, 3.63) is 46.5 Å². The number of nitrogens with zero attached hydrogens (tertiary/aromatic N) is 2. The van der Waals surface area contributed by atoms with Crippen LogP contribution in [0.2, 0.25) is 10.0 Å². The summed E-state index contributed by atoms with van der Waals surface area (Å²) in [6, 6.07) is 3.54. The average molecular weight is 314 g/mol. The van der Waals surface area contributed by atoms with Gasteiger partial charge in [0.05, 0.1) is 18.0 Å². The summed E-state index contributed by atoms with van der Waals surface area (Å²) in [5, 5.41) is 1.13. The van der Waals surface area contributed by atoms with E-state index < -0.39 is 0 Å². The molecule has 0 aliphatic heterocycles. The summed E-state index contributed by atoms with van der Waals surface area (Å²) in [5.74, 6) is 0.687. The molecule has 2 aromatic rings. The van der Waals surface area contributed by atoms with E-state index in [4.69, 9.17) is 33.7 Å². The SMILES string of the molecule is NCCc1cc(Cl)cc(Cl)c1OCCCn1ccnc1. The second kappa shape index (κ2) is 7.53. The van der Waals surface area contributed by atoms with E-state index in [1.165, 1.54) is 0 Å². The summed E-state index contributed by atoms with van der Waals surface area (Å²) in [7, 11) is 0. The molecule has 0 radical (unpaired) electrons. The van der Waals surface area contributed by atoms with Crippen molar-refractivity contribution in [1.82, 2.24) is 9.55 Å². The van der Waals surface area contributed by atoms with Crippen LogP contribution in [-0.4, -0.2) is 22.7 Å². The Morgan fingerprint density at radius 1 is 1.30 bits per heavy atom. The minimum atomic E-state index is 0.530. The Balaban J connectivity index is 1.94. The van der Waals surface area contributed by atoms with Gasteiger partial charge in [-0.2, -0.15) is 0 Å². The topological polar surface area (TPSA) is 53.1 Å². The number of hydrogen-bond acceptors (Lipinski definition) is 3. The highest BCUT2D eigenvalue weighted by Crippen LogP contribution is 2.32. The van der Waals surface area contributed by atoms with E-state index in [9.17, 15) is 0 Å². The lowest BCUT2D eigenvalue weighted by molar-refractivity contribution is 0.299. The van der Waals surface area contributed by atoms with Gasteiger partial charge in [-0.3, -0.25) is 0 Å². The van der Waals surface area contributed by atoms with Crippen LogP contribution in [0.25, 0.3) is 0 Å². The number of aryl methyl sites for hydroxylation is 1. The molecule has 1 aromatic heterocycles. The largest absolute Gasteiger partial charge is 0.492 e. The minimum Gasteiger partial charge on any atom is -0.492 e. The van der Waals surface area contributed by atoms with Gasteiger partial charge in [0.2, 0.25) is 0 Å². The van der Waals surface area contributed by atoms with Gasteiger partial charge in [-0.05, 0) is 37.1 Å². The van der Waals surface area contributed by atoms with Gasteiger partial charge >= 0.3 is 0 Å². The Morgan fingerprint density at radius 3 is 2.85 bits per heavy atom. The third kappa shape index (κ3) is 4.13. The van der Waals surface area contributed by atoms with Crippen LogP contribution >= 0.6 is 23.2 Å². The molecule has 0 aliphatic rings. The molecule has 20 heavy (non-hydrogen) atoms. The molecule has 2 rings (SSSR count). The number of benzene rings is 1. The lowest BCUT2D eigenvalue weighted by Crippen LogP contribution is -2.08. The molecule has 1 heterocycles. The molecule has 6 heteroatoms. The van der Waals surface area contributed by atoms with E-state index in [0.29, 0.717) is 35.4 Å². The third-order valence-corrected chi connectivity index (χ3v) is 3.36. The van der Waals surface area contributed by atoms with Crippen LogP contribution in [0.3, 0.4) is 0 Å². The number of hydrogen-bond donors (Lipinski definition) is 1. The van der Waals surface area contributed by atoms with Crippen LogP contribution < -0.4 is 10.5 Å². The summed E-state index contributed by atoms with van der Waals surface area (Å²) in [6.07, 6.45) is 7.04. The number of halogens is 2. The van der Waals surface area contributed by atoms with Crippen LogP contribution in [-0.2, 0) is 13.0 Å². The maximum Gasteiger partial charge on any atom is 0.141 e. The summed E-state index contributed by atoms with van der Waals surface area (Å²) in [4.78, 5) is 3.99. The first kappa shape index (κ1) is 15.2. The Morgan fingerprint density at radius 2 is 2.15 bits per heavy atom. The van der Waals surface area contributed by atoms with Crippen LogP contribution in [0, 0.1) is 0 Å². The third-order valence-electron chi connectivity index (χ3n) is 2.87. The molecule has 1 aromatic carbocycles. The number of ether oxygens (including phenoxy) is 1. The molecule has 108 valence electrons. The predicted molar refractivity (Wildman–Crippen MR) is 81.6 cm³/mol. The van der Waals surface area contributed by atoms with Crippen molar-refractivity contribution in [3.63, 3.8) is 0 Å². The molecule has 0 spiro atoms. The molecule has 0 saturated carbocycles. The van der Waals surface area contributed by atoms with Crippen LogP contribution in [0.1, 0.15) is 12.0 Å². The van der Waals surface area contributed by atoms with Crippen molar-refractivity contribution in [2.75, 3.05) is 13.2 Å². The molecule has 0 fully saturated rings. The van der Waals surface area contributed by atoms with Gasteiger partial charge in [0.25, 0.3) is 0 Å². The maximum absolute atomic E-state index is 6.18. The fraction of sp³-hybridized carbons (Fsp3) is 0.357. The Kier molecular flexibility index (Phi) is 5.71. The summed E-state index contributed by atoms with van der Waals surface area (Å²) < 4.78 is 7.80. The highest BCUT2D eigenvalue weighted by atomic mass is 35.5. The van der Waals surface area contributed by atoms with E-state index in [2.05, 4.69) is 4.98 Å². The smallest absolute Gasteiger partial charge is 0.141 e. The van der Waals surface area contributed by atoms with E-state index in [0.717, 1.165) is 18.5 Å². The van der Waals surface area contributed by atoms with Crippen molar-refractivity contribution < 1.29 is 4.74 Å². The first-order chi connectivity index (χ1) is 9.70. The molecular weight excluding hydrogens is 297 g/mol. The monoisotopic (exact) mass is 313 g/mol. The zero-order chi connectivity index (χ0) is 14.4. The normalized spacial score (nSPS) is 10.8. The quantitative estimate of drug-likeness (QED) is 0.799. The standard InChI is InChI=1S/C14H17Cl2N3O/c15-12-8-11(2-3-17)14(13(16)9-12)20-7-1-5-19-6-4-18-10-19/h4,6,8-10H,1-3,5,7,17H2. The van der Waals surface area contributed by atoms with Gasteiger partial charge in [-0.15, -0.1) is 0 Å². The van der Waals surface area contributed by atoms with E-state index >= 15 is 0 Å². The van der Waals surface area contributed by atoms with E-state index in [1.807, 2.05) is 16.8 Å². The van der Waals surface area contributed by atoms with Crippen LogP contribution in [0.4, 0.5) is 0 Å². The zero-order valence-corrected chi connectivity index (χ0v) is 12.6. The van der Waals surface area contributed by atoms with Crippen LogP contribution in [0.15, 0.2) is 30.9 Å². The van der Waals surface area contributed by atoms with Crippen molar-refractivity contribution in [1.29, 1.82) is 0 Å². The molecule has 0 aliphatic carbocycles. The van der Waals surface area contributed by atoms with Crippen molar-refractivity contribution in [3.8, 4) is 5.75 Å². The van der Waals surface area contributed by atoms with E-state index in [1.54, 1.807) is 18.6 Å². The fourth-order valence-electron chi connectivity index (χ4n) is 1.96. The first-order valence-electron chi connectivity index (χ1n) is 6.47. The summed E-state index contributed by atoms with van der Waals surface area (Å²) in [6.45, 7) is 1.97. The summed E-state index contributed by atoms with van der Waals surface area (Å²) >= 11 is 12.2. The summed E-state index contributed by atoms with van der Waals surface area (Å²) in [5.41, 5.74) is 6.55. The molecule has 0 amide bonds. The lowest BCUT2D eigenvalue weighted by atomic mass is 10.1. The molecular formula is C14H17Cl2N3O. The fourth-order valence-corrected chi connectivity index (χ4v) is 2.55. The Hall–Kier alpha value is -1.23. The van der Waals surface area contributed by atoms with Gasteiger partial charge in [-0.25, -0.2) is 4.98 Å². The van der Waals surface area contributed by atoms with Crippen LogP contribution in [0.5, 0.6) is 5.75 Å². The number of aromatic nitrogens is 2. The number of nitrogens with two attached hydrogens (primary N) is 1. The molecule has 0 saturated heterocycles. The van der Waals surface area contributed by atoms with Gasteiger partial charge in [0.15, 0.2) is 0 Å². The van der Waals surface area contributed by atoms with Gasteiger partial charge in [0.1, 0.15) is 5.75 Å². The van der Waals surface area contributed by atoms with Crippen molar-refractivity contribution >= 4 is 23.2 Å². The minimum absolute atomic E-state index is 0.530. The highest BCUT2D eigenvalue weighted by molar-refractivity contribution is 6.35. The van der Waals surface area contributed by atoms with Crippen molar-refractivity contribution in [2.45, 2.75) is 19.4 Å². The molecule has 2 N–H and O–H groups in total. The van der Waals surface area contributed by atoms with Crippen molar-refractivity contribution in [2.24, 2.45) is 5.73 Å². The Bertz CT molecular complexity index is 544. The second-order valence-electron chi connectivity index (χ2n) is 4.42. The number of rotatable bonds is 7. The van der Waals surface area contributed by atoms with Gasteiger partial charge in [0, 0.05) is 24.0 Å². The zero-order valence-electron chi connectivity index (χ0n) is 11.1. The van der Waals surface area contributed by atoms with Gasteiger partial charge < -0.3 is 15.0 Å². The Labute approximate surface area is 128 Å².